The molecule has 1 aliphatic heterocycles. The Morgan fingerprint density at radius 3 is 2.42 bits per heavy atom. The molecule has 0 aliphatic carbocycles. The minimum Gasteiger partial charge on any atom is -0.507 e. The number of nitrogens with one attached hydrogen (secondary N) is 1. The minimum atomic E-state index is -4.34. The van der Waals surface area contributed by atoms with Gasteiger partial charge in [-0.1, -0.05) is 6.07 Å². The molecule has 0 spiro atoms. The van der Waals surface area contributed by atoms with Crippen molar-refractivity contribution in [1.82, 2.24) is 10.2 Å². The normalized spacial score (nSPS) is 19.4. The molecule has 2 rings (SSSR count). The van der Waals surface area contributed by atoms with Crippen molar-refractivity contribution in [1.29, 1.82) is 0 Å². The fourth-order valence-electron chi connectivity index (χ4n) is 2.24. The first-order chi connectivity index (χ1) is 8.89. The number of benzene rings is 1. The third kappa shape index (κ3) is 3.40. The zero-order chi connectivity index (χ0) is 14.0. The van der Waals surface area contributed by atoms with Crippen LogP contribution in [0.15, 0.2) is 22.7 Å². The van der Waals surface area contributed by atoms with Crippen LogP contribution >= 0.6 is 15.9 Å². The fourth-order valence-corrected chi connectivity index (χ4v) is 2.64. The zero-order valence-corrected chi connectivity index (χ0v) is 11.6. The fraction of sp³-hybridized carbons (Fsp3) is 0.500. The number of nitrogens with zero attached hydrogens (tertiary/aromatic N) is 1. The summed E-state index contributed by atoms with van der Waals surface area (Å²) in [6, 6.07) is 2.29. The highest BCUT2D eigenvalue weighted by Gasteiger charge is 2.44. The summed E-state index contributed by atoms with van der Waals surface area (Å²) in [5.41, 5.74) is 0.138. The summed E-state index contributed by atoms with van der Waals surface area (Å²) in [5.74, 6) is -0.0648. The van der Waals surface area contributed by atoms with Gasteiger partial charge in [0.15, 0.2) is 0 Å². The van der Waals surface area contributed by atoms with Gasteiger partial charge < -0.3 is 10.4 Å². The van der Waals surface area contributed by atoms with E-state index in [1.54, 1.807) is 0 Å². The van der Waals surface area contributed by atoms with Gasteiger partial charge in [0.1, 0.15) is 11.8 Å². The molecule has 0 saturated carbocycles. The van der Waals surface area contributed by atoms with Gasteiger partial charge in [-0.2, -0.15) is 13.2 Å². The Kier molecular flexibility index (Phi) is 4.37. The first-order valence-electron chi connectivity index (χ1n) is 5.89. The van der Waals surface area contributed by atoms with Crippen molar-refractivity contribution < 1.29 is 18.3 Å². The number of hydrogen-bond acceptors (Lipinski definition) is 3. The van der Waals surface area contributed by atoms with Gasteiger partial charge in [0.25, 0.3) is 0 Å². The van der Waals surface area contributed by atoms with Gasteiger partial charge in [-0.25, -0.2) is 0 Å². The van der Waals surface area contributed by atoms with Gasteiger partial charge in [-0.05, 0) is 33.6 Å². The van der Waals surface area contributed by atoms with E-state index in [0.717, 1.165) is 0 Å². The lowest BCUT2D eigenvalue weighted by atomic mass is 10.0. The monoisotopic (exact) mass is 338 g/mol. The van der Waals surface area contributed by atoms with Crippen molar-refractivity contribution in [2.24, 2.45) is 0 Å². The Morgan fingerprint density at radius 1 is 1.26 bits per heavy atom. The van der Waals surface area contributed by atoms with Crippen molar-refractivity contribution in [2.75, 3.05) is 26.2 Å². The smallest absolute Gasteiger partial charge is 0.408 e. The molecule has 1 fully saturated rings. The van der Waals surface area contributed by atoms with Crippen LogP contribution in [0.5, 0.6) is 5.75 Å². The number of phenolic OH excluding ortho intramolecular Hbond substituents is 1. The lowest BCUT2D eigenvalue weighted by Crippen LogP contribution is -2.49. The highest BCUT2D eigenvalue weighted by molar-refractivity contribution is 9.10. The molecule has 0 aromatic heterocycles. The first kappa shape index (κ1) is 14.6. The number of alkyl halides is 3. The number of aromatic hydroxyl groups is 1. The molecule has 106 valence electrons. The maximum Gasteiger partial charge on any atom is 0.408 e. The highest BCUT2D eigenvalue weighted by atomic mass is 79.9. The number of piperazine rings is 1. The van der Waals surface area contributed by atoms with E-state index in [-0.39, 0.29) is 15.8 Å². The lowest BCUT2D eigenvalue weighted by Gasteiger charge is -2.36. The molecule has 0 unspecified atom stereocenters. The van der Waals surface area contributed by atoms with Gasteiger partial charge in [0, 0.05) is 26.2 Å². The molecule has 1 aromatic rings. The maximum atomic E-state index is 13.3. The molecule has 1 saturated heterocycles. The third-order valence-electron chi connectivity index (χ3n) is 3.11. The van der Waals surface area contributed by atoms with Crippen LogP contribution in [0.2, 0.25) is 0 Å². The second-order valence-corrected chi connectivity index (χ2v) is 5.30. The molecular formula is C12H14BrF3N2O. The van der Waals surface area contributed by atoms with Gasteiger partial charge >= 0.3 is 6.18 Å². The summed E-state index contributed by atoms with van der Waals surface area (Å²) in [5, 5.41) is 12.4. The van der Waals surface area contributed by atoms with E-state index in [1.807, 2.05) is 0 Å². The largest absolute Gasteiger partial charge is 0.507 e. The molecule has 0 amide bonds. The van der Waals surface area contributed by atoms with E-state index in [9.17, 15) is 18.3 Å². The number of rotatable bonds is 2. The average Bonchev–Trinajstić information content (AvgIpc) is 2.34. The summed E-state index contributed by atoms with van der Waals surface area (Å²) < 4.78 is 40.1. The molecule has 1 aliphatic rings. The van der Waals surface area contributed by atoms with Gasteiger partial charge in [0.05, 0.1) is 4.47 Å². The van der Waals surface area contributed by atoms with E-state index in [2.05, 4.69) is 21.2 Å². The van der Waals surface area contributed by atoms with Crippen LogP contribution in [0.3, 0.4) is 0 Å². The maximum absolute atomic E-state index is 13.3. The van der Waals surface area contributed by atoms with Crippen LogP contribution in [0.1, 0.15) is 11.6 Å². The average molecular weight is 339 g/mol. The van der Waals surface area contributed by atoms with Crippen molar-refractivity contribution >= 4 is 15.9 Å². The summed E-state index contributed by atoms with van der Waals surface area (Å²) in [6.07, 6.45) is -4.34. The number of hydrogen-bond donors (Lipinski definition) is 2. The Labute approximate surface area is 117 Å². The predicted octanol–water partition coefficient (Wildman–Crippen LogP) is 2.66. The number of phenols is 1. The molecule has 2 N–H and O–H groups in total. The molecule has 1 atom stereocenters. The second-order valence-electron chi connectivity index (χ2n) is 4.44. The van der Waals surface area contributed by atoms with Gasteiger partial charge in [-0.15, -0.1) is 0 Å². The Morgan fingerprint density at radius 2 is 1.89 bits per heavy atom. The quantitative estimate of drug-likeness (QED) is 0.870. The van der Waals surface area contributed by atoms with Crippen LogP contribution in [0.25, 0.3) is 0 Å². The molecule has 0 radical (unpaired) electrons. The van der Waals surface area contributed by atoms with Crippen molar-refractivity contribution in [3.05, 3.63) is 28.2 Å². The van der Waals surface area contributed by atoms with Crippen molar-refractivity contribution in [3.63, 3.8) is 0 Å². The van der Waals surface area contributed by atoms with Crippen LogP contribution in [0, 0.1) is 0 Å². The Hall–Kier alpha value is -0.790. The number of halogens is 4. The van der Waals surface area contributed by atoms with Crippen LogP contribution in [-0.4, -0.2) is 42.4 Å². The topological polar surface area (TPSA) is 35.5 Å². The van der Waals surface area contributed by atoms with Crippen LogP contribution < -0.4 is 5.32 Å². The molecule has 7 heteroatoms. The van der Waals surface area contributed by atoms with Crippen LogP contribution in [0.4, 0.5) is 13.2 Å². The Balaban J connectivity index is 2.33. The second kappa shape index (κ2) is 5.68. The molecule has 3 nitrogen and oxygen atoms in total. The summed E-state index contributed by atoms with van der Waals surface area (Å²) in [6.45, 7) is 1.79. The predicted molar refractivity (Wildman–Crippen MR) is 69.0 cm³/mol. The van der Waals surface area contributed by atoms with Gasteiger partial charge in [0.2, 0.25) is 0 Å². The van der Waals surface area contributed by atoms with Crippen LogP contribution in [-0.2, 0) is 0 Å². The van der Waals surface area contributed by atoms with Crippen molar-refractivity contribution in [2.45, 2.75) is 12.2 Å². The van der Waals surface area contributed by atoms with Gasteiger partial charge in [-0.3, -0.25) is 4.90 Å². The van der Waals surface area contributed by atoms with E-state index < -0.39 is 12.2 Å². The van der Waals surface area contributed by atoms with E-state index in [0.29, 0.717) is 26.2 Å². The zero-order valence-electron chi connectivity index (χ0n) is 10.0. The third-order valence-corrected chi connectivity index (χ3v) is 3.75. The summed E-state index contributed by atoms with van der Waals surface area (Å²) >= 11 is 3.06. The molecule has 1 heterocycles. The van der Waals surface area contributed by atoms with E-state index >= 15 is 0 Å². The lowest BCUT2D eigenvalue weighted by molar-refractivity contribution is -0.187. The SMILES string of the molecule is Oc1ccc([C@@H](N2CCNCC2)C(F)(F)F)cc1Br. The molecule has 0 bridgehead atoms. The highest BCUT2D eigenvalue weighted by Crippen LogP contribution is 2.39. The molecule has 1 aromatic carbocycles. The molecular weight excluding hydrogens is 325 g/mol. The van der Waals surface area contributed by atoms with Crippen molar-refractivity contribution in [3.8, 4) is 5.75 Å². The first-order valence-corrected chi connectivity index (χ1v) is 6.69. The summed E-state index contributed by atoms with van der Waals surface area (Å²) in [7, 11) is 0. The minimum absolute atomic E-state index is 0.0648. The summed E-state index contributed by atoms with van der Waals surface area (Å²) in [4.78, 5) is 1.41. The standard InChI is InChI=1S/C12H14BrF3N2O/c13-9-7-8(1-2-10(9)19)11(12(14,15)16)18-5-3-17-4-6-18/h1-2,7,11,17,19H,3-6H2/t11-/m1/s1. The molecule has 19 heavy (non-hydrogen) atoms. The van der Waals surface area contributed by atoms with E-state index in [4.69, 9.17) is 0 Å². The van der Waals surface area contributed by atoms with E-state index in [1.165, 1.54) is 23.1 Å². The Bertz CT molecular complexity index is 447.